The molecule has 1 aliphatic carbocycles. The van der Waals surface area contributed by atoms with Crippen molar-refractivity contribution < 1.29 is 0 Å². The fourth-order valence-corrected chi connectivity index (χ4v) is 2.06. The van der Waals surface area contributed by atoms with Crippen LogP contribution in [0.5, 0.6) is 0 Å². The zero-order chi connectivity index (χ0) is 12.4. The van der Waals surface area contributed by atoms with Crippen molar-refractivity contribution in [3.05, 3.63) is 48.0 Å². The molecule has 0 aliphatic heterocycles. The van der Waals surface area contributed by atoms with E-state index in [-0.39, 0.29) is 0 Å². The molecule has 1 N–H and O–H groups in total. The van der Waals surface area contributed by atoms with Gasteiger partial charge in [-0.05, 0) is 31.0 Å². The lowest BCUT2D eigenvalue weighted by atomic mass is 10.2. The second kappa shape index (κ2) is 4.58. The van der Waals surface area contributed by atoms with Crippen LogP contribution in [0.3, 0.4) is 0 Å². The van der Waals surface area contributed by atoms with Crippen molar-refractivity contribution >= 4 is 5.69 Å². The third-order valence-electron chi connectivity index (χ3n) is 3.19. The predicted octanol–water partition coefficient (Wildman–Crippen LogP) is 2.81. The van der Waals surface area contributed by atoms with E-state index in [4.69, 9.17) is 6.42 Å². The van der Waals surface area contributed by atoms with Gasteiger partial charge in [-0.15, -0.1) is 6.42 Å². The lowest BCUT2D eigenvalue weighted by Gasteiger charge is -2.09. The van der Waals surface area contributed by atoms with Gasteiger partial charge in [0.25, 0.3) is 0 Å². The smallest absolute Gasteiger partial charge is 0.0951 e. The first-order chi connectivity index (χ1) is 8.86. The Morgan fingerprint density at radius 3 is 3.11 bits per heavy atom. The number of nitrogens with one attached hydrogen (secondary N) is 1. The van der Waals surface area contributed by atoms with Crippen molar-refractivity contribution in [2.45, 2.75) is 25.4 Å². The molecule has 1 fully saturated rings. The van der Waals surface area contributed by atoms with Crippen molar-refractivity contribution in [2.24, 2.45) is 0 Å². The molecule has 3 rings (SSSR count). The Morgan fingerprint density at radius 1 is 1.44 bits per heavy atom. The van der Waals surface area contributed by atoms with Gasteiger partial charge >= 0.3 is 0 Å². The van der Waals surface area contributed by atoms with E-state index < -0.39 is 0 Å². The highest BCUT2D eigenvalue weighted by Gasteiger charge is 2.24. The third-order valence-corrected chi connectivity index (χ3v) is 3.19. The van der Waals surface area contributed by atoms with Crippen LogP contribution in [-0.2, 0) is 6.54 Å². The summed E-state index contributed by atoms with van der Waals surface area (Å²) in [6.45, 7) is 0.782. The monoisotopic (exact) mass is 237 g/mol. The van der Waals surface area contributed by atoms with Crippen LogP contribution in [0.1, 0.15) is 30.1 Å². The first kappa shape index (κ1) is 10.9. The molecule has 0 atom stereocenters. The Hall–Kier alpha value is -2.21. The van der Waals surface area contributed by atoms with Crippen molar-refractivity contribution in [1.29, 1.82) is 0 Å². The molecule has 1 aromatic carbocycles. The number of nitrogens with zero attached hydrogens (tertiary/aromatic N) is 2. The highest BCUT2D eigenvalue weighted by molar-refractivity contribution is 5.50. The minimum absolute atomic E-state index is 0.668. The molecular formula is C15H15N3. The molecule has 18 heavy (non-hydrogen) atoms. The lowest BCUT2D eigenvalue weighted by Crippen LogP contribution is -2.05. The summed E-state index contributed by atoms with van der Waals surface area (Å²) in [5.74, 6) is 2.64. The summed E-state index contributed by atoms with van der Waals surface area (Å²) in [5.41, 5.74) is 3.17. The minimum atomic E-state index is 0.668. The van der Waals surface area contributed by atoms with Gasteiger partial charge in [-0.3, -0.25) is 0 Å². The molecule has 90 valence electrons. The zero-order valence-corrected chi connectivity index (χ0v) is 10.1. The van der Waals surface area contributed by atoms with Gasteiger partial charge in [0.05, 0.1) is 18.6 Å². The molecule has 0 bridgehead atoms. The number of imidazole rings is 1. The van der Waals surface area contributed by atoms with Crippen molar-refractivity contribution in [3.63, 3.8) is 0 Å². The number of anilines is 1. The van der Waals surface area contributed by atoms with E-state index in [1.165, 1.54) is 18.5 Å². The zero-order valence-electron chi connectivity index (χ0n) is 10.1. The number of aromatic nitrogens is 2. The van der Waals surface area contributed by atoms with Gasteiger partial charge in [0.2, 0.25) is 0 Å². The summed E-state index contributed by atoms with van der Waals surface area (Å²) in [4.78, 5) is 4.22. The van der Waals surface area contributed by atoms with Gasteiger partial charge in [0.1, 0.15) is 0 Å². The molecule has 3 heteroatoms. The average Bonchev–Trinajstić information content (AvgIpc) is 3.15. The molecule has 0 saturated heterocycles. The van der Waals surface area contributed by atoms with Crippen LogP contribution in [0.2, 0.25) is 0 Å². The first-order valence-corrected chi connectivity index (χ1v) is 6.18. The second-order valence-electron chi connectivity index (χ2n) is 4.60. The highest BCUT2D eigenvalue weighted by Crippen LogP contribution is 2.35. The van der Waals surface area contributed by atoms with Crippen molar-refractivity contribution in [1.82, 2.24) is 9.55 Å². The third kappa shape index (κ3) is 2.23. The topological polar surface area (TPSA) is 29.9 Å². The quantitative estimate of drug-likeness (QED) is 0.829. The van der Waals surface area contributed by atoms with Gasteiger partial charge in [0, 0.05) is 23.5 Å². The van der Waals surface area contributed by atoms with E-state index in [9.17, 15) is 0 Å². The van der Waals surface area contributed by atoms with Gasteiger partial charge in [-0.25, -0.2) is 4.98 Å². The number of hydrogen-bond acceptors (Lipinski definition) is 2. The molecular weight excluding hydrogens is 222 g/mol. The molecule has 0 radical (unpaired) electrons. The predicted molar refractivity (Wildman–Crippen MR) is 72.2 cm³/mol. The van der Waals surface area contributed by atoms with E-state index in [2.05, 4.69) is 20.8 Å². The molecule has 0 spiro atoms. The van der Waals surface area contributed by atoms with E-state index >= 15 is 0 Å². The summed E-state index contributed by atoms with van der Waals surface area (Å²) in [5, 5.41) is 3.39. The summed E-state index contributed by atoms with van der Waals surface area (Å²) in [6, 6.07) is 8.58. The van der Waals surface area contributed by atoms with E-state index in [1.54, 1.807) is 0 Å². The fraction of sp³-hybridized carbons (Fsp3) is 0.267. The molecule has 1 saturated carbocycles. The number of rotatable bonds is 4. The van der Waals surface area contributed by atoms with Gasteiger partial charge in [0.15, 0.2) is 0 Å². The maximum atomic E-state index is 5.39. The number of hydrogen-bond donors (Lipinski definition) is 1. The molecule has 1 aromatic heterocycles. The maximum absolute atomic E-state index is 5.39. The van der Waals surface area contributed by atoms with Gasteiger partial charge < -0.3 is 9.88 Å². The Labute approximate surface area is 107 Å². The number of benzene rings is 1. The van der Waals surface area contributed by atoms with Crippen LogP contribution >= 0.6 is 0 Å². The standard InChI is InChI=1S/C15H15N3/c1-2-12-4-3-5-13(8-12)17-10-15-9-16-11-18(15)14-6-7-14/h1,3-5,8-9,11,14,17H,6-7,10H2. The largest absolute Gasteiger partial charge is 0.379 e. The fourth-order valence-electron chi connectivity index (χ4n) is 2.06. The molecule has 1 heterocycles. The molecule has 2 aromatic rings. The molecule has 0 amide bonds. The molecule has 1 aliphatic rings. The normalized spacial score (nSPS) is 14.2. The summed E-state index contributed by atoms with van der Waals surface area (Å²) in [7, 11) is 0. The second-order valence-corrected chi connectivity index (χ2v) is 4.60. The van der Waals surface area contributed by atoms with Crippen LogP contribution in [0.4, 0.5) is 5.69 Å². The van der Waals surface area contributed by atoms with Gasteiger partial charge in [-0.1, -0.05) is 12.0 Å². The Bertz CT molecular complexity index is 588. The summed E-state index contributed by atoms with van der Waals surface area (Å²) in [6.07, 6.45) is 11.8. The SMILES string of the molecule is C#Cc1cccc(NCc2cncn2C2CC2)c1. The van der Waals surface area contributed by atoms with Crippen molar-refractivity contribution in [2.75, 3.05) is 5.32 Å². The van der Waals surface area contributed by atoms with Crippen LogP contribution in [0.15, 0.2) is 36.8 Å². The van der Waals surface area contributed by atoms with Crippen LogP contribution < -0.4 is 5.32 Å². The molecule has 0 unspecified atom stereocenters. The lowest BCUT2D eigenvalue weighted by molar-refractivity contribution is 0.701. The van der Waals surface area contributed by atoms with Crippen LogP contribution in [0, 0.1) is 12.3 Å². The first-order valence-electron chi connectivity index (χ1n) is 6.18. The van der Waals surface area contributed by atoms with Crippen molar-refractivity contribution in [3.8, 4) is 12.3 Å². The average molecular weight is 237 g/mol. The summed E-state index contributed by atoms with van der Waals surface area (Å²) < 4.78 is 2.26. The van der Waals surface area contributed by atoms with Crippen LogP contribution in [-0.4, -0.2) is 9.55 Å². The van der Waals surface area contributed by atoms with E-state index in [1.807, 2.05) is 36.8 Å². The Balaban J connectivity index is 1.70. The van der Waals surface area contributed by atoms with Gasteiger partial charge in [-0.2, -0.15) is 0 Å². The maximum Gasteiger partial charge on any atom is 0.0951 e. The minimum Gasteiger partial charge on any atom is -0.379 e. The summed E-state index contributed by atoms with van der Waals surface area (Å²) >= 11 is 0. The Morgan fingerprint density at radius 2 is 2.33 bits per heavy atom. The highest BCUT2D eigenvalue weighted by atomic mass is 15.1. The molecule has 3 nitrogen and oxygen atoms in total. The van der Waals surface area contributed by atoms with Crippen LogP contribution in [0.25, 0.3) is 0 Å². The van der Waals surface area contributed by atoms with E-state index in [0.717, 1.165) is 17.8 Å². The Kier molecular flexibility index (Phi) is 2.77. The van der Waals surface area contributed by atoms with E-state index in [0.29, 0.717) is 6.04 Å². The number of terminal acetylenes is 1.